The van der Waals surface area contributed by atoms with Crippen molar-refractivity contribution in [1.29, 1.82) is 0 Å². The molecule has 0 amide bonds. The van der Waals surface area contributed by atoms with E-state index in [1.807, 2.05) is 19.1 Å². The number of fused-ring (bicyclic) bond motifs is 1. The molecule has 3 rings (SSSR count). The summed E-state index contributed by atoms with van der Waals surface area (Å²) in [6.45, 7) is 6.02. The van der Waals surface area contributed by atoms with Crippen molar-refractivity contribution in [2.75, 3.05) is 0 Å². The van der Waals surface area contributed by atoms with Gasteiger partial charge in [-0.25, -0.2) is 8.42 Å². The molecule has 1 aromatic carbocycles. The molecule has 2 atom stereocenters. The first kappa shape index (κ1) is 12.9. The zero-order valence-electron chi connectivity index (χ0n) is 11.4. The Morgan fingerprint density at radius 2 is 1.95 bits per heavy atom. The van der Waals surface area contributed by atoms with Crippen LogP contribution in [0.4, 0.5) is 0 Å². The molecule has 2 aliphatic carbocycles. The molecule has 0 N–H and O–H groups in total. The van der Waals surface area contributed by atoms with Gasteiger partial charge in [0.15, 0.2) is 9.84 Å². The van der Waals surface area contributed by atoms with E-state index < -0.39 is 14.6 Å². The fraction of sp³-hybridized carbons (Fsp3) is 0.500. The molecule has 0 spiro atoms. The van der Waals surface area contributed by atoms with Crippen LogP contribution in [-0.2, 0) is 9.84 Å². The predicted octanol–water partition coefficient (Wildman–Crippen LogP) is 3.66. The van der Waals surface area contributed by atoms with Gasteiger partial charge in [-0.3, -0.25) is 0 Å². The summed E-state index contributed by atoms with van der Waals surface area (Å²) in [5.74, 6) is 0.284. The third-order valence-electron chi connectivity index (χ3n) is 4.85. The lowest BCUT2D eigenvalue weighted by molar-refractivity contribution is 0.454. The van der Waals surface area contributed by atoms with Crippen LogP contribution in [-0.4, -0.2) is 13.2 Å². The van der Waals surface area contributed by atoms with Crippen LogP contribution < -0.4 is 0 Å². The molecule has 0 saturated heterocycles. The van der Waals surface area contributed by atoms with Gasteiger partial charge in [-0.1, -0.05) is 36.3 Å². The van der Waals surface area contributed by atoms with E-state index in [4.69, 9.17) is 0 Å². The molecule has 2 fully saturated rings. The summed E-state index contributed by atoms with van der Waals surface area (Å²) in [4.78, 5) is 0.486. The Labute approximate surface area is 115 Å². The molecule has 19 heavy (non-hydrogen) atoms. The fourth-order valence-corrected chi connectivity index (χ4v) is 6.29. The topological polar surface area (TPSA) is 34.1 Å². The lowest BCUT2D eigenvalue weighted by Crippen LogP contribution is -2.38. The molecule has 102 valence electrons. The fourth-order valence-electron chi connectivity index (χ4n) is 3.88. The number of aryl methyl sites for hydroxylation is 1. The minimum absolute atomic E-state index is 0.284. The highest BCUT2D eigenvalue weighted by Gasteiger charge is 2.56. The van der Waals surface area contributed by atoms with Crippen molar-refractivity contribution < 1.29 is 8.42 Å². The van der Waals surface area contributed by atoms with Crippen molar-refractivity contribution in [2.45, 2.75) is 48.7 Å². The zero-order chi connectivity index (χ0) is 13.7. The highest BCUT2D eigenvalue weighted by atomic mass is 32.2. The second-order valence-electron chi connectivity index (χ2n) is 6.10. The van der Waals surface area contributed by atoms with Crippen LogP contribution in [0, 0.1) is 12.8 Å². The maximum atomic E-state index is 13.1. The summed E-state index contributed by atoms with van der Waals surface area (Å²) in [5, 5.41) is 0. The Kier molecular flexibility index (Phi) is 2.86. The van der Waals surface area contributed by atoms with Crippen molar-refractivity contribution in [2.24, 2.45) is 5.92 Å². The predicted molar refractivity (Wildman–Crippen MR) is 76.8 cm³/mol. The third kappa shape index (κ3) is 1.78. The molecule has 1 aromatic rings. The third-order valence-corrected chi connectivity index (χ3v) is 7.49. The molecule has 0 aliphatic heterocycles. The number of benzene rings is 1. The van der Waals surface area contributed by atoms with E-state index in [1.165, 1.54) is 0 Å². The van der Waals surface area contributed by atoms with E-state index in [1.54, 1.807) is 12.1 Å². The molecule has 0 radical (unpaired) electrons. The van der Waals surface area contributed by atoms with Gasteiger partial charge < -0.3 is 0 Å². The van der Waals surface area contributed by atoms with Crippen LogP contribution >= 0.6 is 0 Å². The zero-order valence-corrected chi connectivity index (χ0v) is 12.2. The minimum atomic E-state index is -3.25. The lowest BCUT2D eigenvalue weighted by atomic mass is 10.00. The van der Waals surface area contributed by atoms with Crippen molar-refractivity contribution in [3.05, 3.63) is 42.0 Å². The Hall–Kier alpha value is -1.09. The number of hydrogen-bond donors (Lipinski definition) is 0. The molecule has 0 bridgehead atoms. The lowest BCUT2D eigenvalue weighted by Gasteiger charge is -2.29. The molecule has 0 unspecified atom stereocenters. The standard InChI is InChI=1S/C16H20O2S/c1-12-5-7-15(8-6-12)19(17,18)16-9-3-4-14(16)10-13(2)11-16/h5-8,14H,2-4,9-11H2,1H3/t14-,16-/m1/s1. The summed E-state index contributed by atoms with van der Waals surface area (Å²) < 4.78 is 25.6. The van der Waals surface area contributed by atoms with E-state index in [-0.39, 0.29) is 5.92 Å². The van der Waals surface area contributed by atoms with Gasteiger partial charge >= 0.3 is 0 Å². The summed E-state index contributed by atoms with van der Waals surface area (Å²) >= 11 is 0. The number of hydrogen-bond acceptors (Lipinski definition) is 2. The Bertz CT molecular complexity index is 613. The highest BCUT2D eigenvalue weighted by molar-refractivity contribution is 7.93. The van der Waals surface area contributed by atoms with E-state index in [0.717, 1.165) is 36.8 Å². The first-order valence-electron chi connectivity index (χ1n) is 6.94. The number of sulfone groups is 1. The van der Waals surface area contributed by atoms with Crippen molar-refractivity contribution in [3.63, 3.8) is 0 Å². The van der Waals surface area contributed by atoms with Crippen molar-refractivity contribution >= 4 is 9.84 Å². The van der Waals surface area contributed by atoms with Gasteiger partial charge in [0.2, 0.25) is 0 Å². The monoisotopic (exact) mass is 276 g/mol. The van der Waals surface area contributed by atoms with Gasteiger partial charge in [0.05, 0.1) is 9.64 Å². The summed E-state index contributed by atoms with van der Waals surface area (Å²) in [6.07, 6.45) is 4.42. The first-order valence-corrected chi connectivity index (χ1v) is 8.42. The van der Waals surface area contributed by atoms with Gasteiger partial charge in [-0.15, -0.1) is 0 Å². The molecule has 0 aromatic heterocycles. The Morgan fingerprint density at radius 3 is 2.63 bits per heavy atom. The van der Waals surface area contributed by atoms with Gasteiger partial charge in [0, 0.05) is 0 Å². The normalized spacial score (nSPS) is 30.6. The van der Waals surface area contributed by atoms with Gasteiger partial charge in [0.1, 0.15) is 0 Å². The van der Waals surface area contributed by atoms with Crippen LogP contribution in [0.5, 0.6) is 0 Å². The molecular weight excluding hydrogens is 256 g/mol. The Morgan fingerprint density at radius 1 is 1.26 bits per heavy atom. The van der Waals surface area contributed by atoms with E-state index >= 15 is 0 Å². The molecule has 2 nitrogen and oxygen atoms in total. The summed E-state index contributed by atoms with van der Waals surface area (Å²) in [7, 11) is -3.25. The summed E-state index contributed by atoms with van der Waals surface area (Å²) in [5.41, 5.74) is 2.20. The van der Waals surface area contributed by atoms with Crippen LogP contribution in [0.1, 0.15) is 37.7 Å². The van der Waals surface area contributed by atoms with E-state index in [9.17, 15) is 8.42 Å². The maximum absolute atomic E-state index is 13.1. The van der Waals surface area contributed by atoms with Crippen LogP contribution in [0.25, 0.3) is 0 Å². The van der Waals surface area contributed by atoms with Gasteiger partial charge in [0.25, 0.3) is 0 Å². The molecule has 3 heteroatoms. The average molecular weight is 276 g/mol. The van der Waals surface area contributed by atoms with Crippen molar-refractivity contribution in [1.82, 2.24) is 0 Å². The largest absolute Gasteiger partial charge is 0.223 e. The van der Waals surface area contributed by atoms with Gasteiger partial charge in [-0.05, 0) is 50.7 Å². The van der Waals surface area contributed by atoms with E-state index in [2.05, 4.69) is 6.58 Å². The van der Waals surface area contributed by atoms with Crippen LogP contribution in [0.3, 0.4) is 0 Å². The van der Waals surface area contributed by atoms with Crippen molar-refractivity contribution in [3.8, 4) is 0 Å². The smallest absolute Gasteiger partial charge is 0.184 e. The first-order chi connectivity index (χ1) is 8.96. The van der Waals surface area contributed by atoms with E-state index in [0.29, 0.717) is 11.3 Å². The van der Waals surface area contributed by atoms with Crippen LogP contribution in [0.15, 0.2) is 41.3 Å². The quantitative estimate of drug-likeness (QED) is 0.773. The molecule has 2 saturated carbocycles. The molecule has 2 aliphatic rings. The second-order valence-corrected chi connectivity index (χ2v) is 8.39. The van der Waals surface area contributed by atoms with Crippen LogP contribution in [0.2, 0.25) is 0 Å². The summed E-state index contributed by atoms with van der Waals surface area (Å²) in [6, 6.07) is 7.29. The SMILES string of the molecule is C=C1C[C@H]2CCC[C@@]2(S(=O)(=O)c2ccc(C)cc2)C1. The molecular formula is C16H20O2S. The number of allylic oxidation sites excluding steroid dienone is 1. The number of rotatable bonds is 2. The van der Waals surface area contributed by atoms with Gasteiger partial charge in [-0.2, -0.15) is 0 Å². The second kappa shape index (κ2) is 4.20. The average Bonchev–Trinajstić information content (AvgIpc) is 2.86. The highest BCUT2D eigenvalue weighted by Crippen LogP contribution is 2.55. The Balaban J connectivity index is 2.09. The maximum Gasteiger partial charge on any atom is 0.184 e. The molecule has 0 heterocycles. The minimum Gasteiger partial charge on any atom is -0.223 e.